The van der Waals surface area contributed by atoms with Crippen molar-refractivity contribution in [3.63, 3.8) is 0 Å². The Labute approximate surface area is 207 Å². The number of unbranched alkanes of at least 4 members (excludes halogenated alkanes) is 1. The van der Waals surface area contributed by atoms with Crippen molar-refractivity contribution in [3.05, 3.63) is 71.5 Å². The fourth-order valence-corrected chi connectivity index (χ4v) is 3.84. The second kappa shape index (κ2) is 14.9. The average molecular weight is 486 g/mol. The van der Waals surface area contributed by atoms with Gasteiger partial charge in [-0.2, -0.15) is 5.48 Å². The summed E-state index contributed by atoms with van der Waals surface area (Å²) in [6, 6.07) is -0.0709. The van der Waals surface area contributed by atoms with Crippen LogP contribution >= 0.6 is 0 Å². The maximum Gasteiger partial charge on any atom is 0.303 e. The van der Waals surface area contributed by atoms with Crippen LogP contribution in [-0.4, -0.2) is 48.2 Å². The van der Waals surface area contributed by atoms with E-state index in [-0.39, 0.29) is 24.2 Å². The number of halogens is 1. The van der Waals surface area contributed by atoms with Crippen molar-refractivity contribution in [1.82, 2.24) is 10.4 Å². The van der Waals surface area contributed by atoms with E-state index in [2.05, 4.69) is 11.6 Å². The number of carbonyl (C=O) groups is 2. The molecule has 0 amide bonds. The van der Waals surface area contributed by atoms with E-state index in [1.165, 1.54) is 12.2 Å². The quantitative estimate of drug-likeness (QED) is 0.0989. The molecule has 7 nitrogen and oxygen atoms in total. The molecule has 0 aliphatic heterocycles. The molecule has 0 bridgehead atoms. The van der Waals surface area contributed by atoms with Gasteiger partial charge in [-0.3, -0.25) is 9.59 Å². The van der Waals surface area contributed by atoms with Gasteiger partial charge in [-0.05, 0) is 69.2 Å². The highest BCUT2D eigenvalue weighted by molar-refractivity contribution is 5.87. The number of aldehydes is 1. The van der Waals surface area contributed by atoms with Gasteiger partial charge in [-0.25, -0.2) is 9.38 Å². The molecule has 0 aromatic heterocycles. The fraction of sp³-hybridized carbons (Fsp3) is 0.444. The number of rotatable bonds is 12. The van der Waals surface area contributed by atoms with Crippen molar-refractivity contribution in [2.75, 3.05) is 14.1 Å². The lowest BCUT2D eigenvalue weighted by Gasteiger charge is -2.30. The summed E-state index contributed by atoms with van der Waals surface area (Å²) in [5, 5.41) is 8.97. The summed E-state index contributed by atoms with van der Waals surface area (Å²) in [4.78, 5) is 34.9. The van der Waals surface area contributed by atoms with Gasteiger partial charge >= 0.3 is 5.97 Å². The number of hydrogen-bond acceptors (Lipinski definition) is 5. The molecule has 35 heavy (non-hydrogen) atoms. The minimum Gasteiger partial charge on any atom is -0.481 e. The molecule has 190 valence electrons. The Morgan fingerprint density at radius 2 is 2.06 bits per heavy atom. The highest BCUT2D eigenvalue weighted by Crippen LogP contribution is 2.24. The van der Waals surface area contributed by atoms with E-state index < -0.39 is 5.97 Å². The van der Waals surface area contributed by atoms with Crippen LogP contribution in [0.3, 0.4) is 0 Å². The first-order valence-electron chi connectivity index (χ1n) is 11.9. The van der Waals surface area contributed by atoms with Crippen molar-refractivity contribution in [2.24, 2.45) is 10.9 Å². The molecule has 0 aromatic rings. The van der Waals surface area contributed by atoms with Crippen LogP contribution in [0.2, 0.25) is 0 Å². The first-order chi connectivity index (χ1) is 16.8. The lowest BCUT2D eigenvalue weighted by molar-refractivity contribution is -0.137. The second-order valence-electron chi connectivity index (χ2n) is 8.56. The van der Waals surface area contributed by atoms with Crippen molar-refractivity contribution in [2.45, 2.75) is 57.9 Å². The minimum atomic E-state index is -0.830. The molecule has 2 N–H and O–H groups in total. The Morgan fingerprint density at radius 3 is 2.71 bits per heavy atom. The number of aliphatic carboxylic acids is 1. The molecule has 2 aliphatic rings. The maximum atomic E-state index is 13.5. The van der Waals surface area contributed by atoms with Gasteiger partial charge in [0.2, 0.25) is 0 Å². The molecule has 0 spiro atoms. The third-order valence-electron chi connectivity index (χ3n) is 5.89. The number of nitrogens with zero attached hydrogens (tertiary/aromatic N) is 2. The third kappa shape index (κ3) is 9.86. The van der Waals surface area contributed by atoms with Gasteiger partial charge in [0.1, 0.15) is 17.4 Å². The number of hydrogen-bond donors (Lipinski definition) is 2. The first kappa shape index (κ1) is 28.0. The molecule has 0 heterocycles. The number of allylic oxidation sites excluding steroid dienone is 9. The van der Waals surface area contributed by atoms with Crippen molar-refractivity contribution in [1.29, 1.82) is 0 Å². The lowest BCUT2D eigenvalue weighted by Crippen LogP contribution is -2.36. The van der Waals surface area contributed by atoms with E-state index in [0.717, 1.165) is 24.3 Å². The summed E-state index contributed by atoms with van der Waals surface area (Å²) < 4.78 is 13.5. The van der Waals surface area contributed by atoms with E-state index in [4.69, 9.17) is 14.9 Å². The van der Waals surface area contributed by atoms with Crippen LogP contribution in [-0.2, 0) is 14.4 Å². The van der Waals surface area contributed by atoms with Gasteiger partial charge in [-0.1, -0.05) is 24.3 Å². The molecule has 2 rings (SSSR count). The molecular weight excluding hydrogens is 449 g/mol. The van der Waals surface area contributed by atoms with Gasteiger partial charge in [-0.15, -0.1) is 0 Å². The highest BCUT2D eigenvalue weighted by atomic mass is 19.1. The smallest absolute Gasteiger partial charge is 0.303 e. The van der Waals surface area contributed by atoms with Crippen LogP contribution in [0.1, 0.15) is 51.9 Å². The molecule has 2 unspecified atom stereocenters. The number of nitrogens with one attached hydrogen (secondary N) is 1. The Kier molecular flexibility index (Phi) is 11.9. The number of hydroxylamine groups is 1. The van der Waals surface area contributed by atoms with E-state index in [1.54, 1.807) is 19.2 Å². The summed E-state index contributed by atoms with van der Waals surface area (Å²) in [7, 11) is 3.60. The van der Waals surface area contributed by atoms with Crippen molar-refractivity contribution >= 4 is 18.1 Å². The number of carboxylic acids is 1. The van der Waals surface area contributed by atoms with Crippen LogP contribution in [0.5, 0.6) is 0 Å². The summed E-state index contributed by atoms with van der Waals surface area (Å²) in [5.74, 6) is 0.644. The Balaban J connectivity index is 2.28. The molecule has 0 aromatic carbocycles. The van der Waals surface area contributed by atoms with Gasteiger partial charge in [0.15, 0.2) is 6.29 Å². The number of carboxylic acid groups (broad SMARTS) is 1. The van der Waals surface area contributed by atoms with Crippen LogP contribution < -0.4 is 5.48 Å². The fourth-order valence-electron chi connectivity index (χ4n) is 3.84. The maximum absolute atomic E-state index is 13.5. The van der Waals surface area contributed by atoms with Gasteiger partial charge in [0.05, 0.1) is 11.7 Å². The molecule has 0 radical (unpaired) electrons. The molecule has 0 saturated carbocycles. The standard InChI is InChI=1S/C27H36FN3O4/c1-20(35-29-2)11-12-21-7-6-8-22(19-32)25(18-13-21)30-26(9-4-5-10-27(33)34)31(3)24-16-14-23(28)15-17-24/h6-8,11,14-16,18-19,21,24,29H,4-5,9-10,12-13,17H2,1-3H3,(H,33,34)/b7-6?,20-11-,22-8-,25-18?,30-26-. The van der Waals surface area contributed by atoms with E-state index in [9.17, 15) is 14.0 Å². The lowest BCUT2D eigenvalue weighted by atomic mass is 9.96. The largest absolute Gasteiger partial charge is 0.481 e. The SMILES string of the molecule is CNO/C(C)=C\CC1C=C/C=C(/C=O)C(/N=C(/CCCCC(=O)O)N(C)C2C=CC(F)=CC2)=CC1. The van der Waals surface area contributed by atoms with Crippen LogP contribution in [0.15, 0.2) is 76.5 Å². The van der Waals surface area contributed by atoms with Crippen LogP contribution in [0, 0.1) is 5.92 Å². The third-order valence-corrected chi connectivity index (χ3v) is 5.89. The van der Waals surface area contributed by atoms with Crippen LogP contribution in [0.25, 0.3) is 0 Å². The molecule has 2 atom stereocenters. The topological polar surface area (TPSA) is 91.2 Å². The number of amidine groups is 1. The number of carbonyl (C=O) groups excluding carboxylic acids is 1. The number of aliphatic imine (C=N–C) groups is 1. The Bertz CT molecular complexity index is 959. The zero-order valence-electron chi connectivity index (χ0n) is 20.7. The molecule has 0 fully saturated rings. The Hall–Kier alpha value is -3.26. The van der Waals surface area contributed by atoms with Crippen molar-refractivity contribution in [3.8, 4) is 0 Å². The number of likely N-dealkylation sites (N-methyl/N-ethyl adjacent to an activating group) is 1. The average Bonchev–Trinajstić information content (AvgIpc) is 2.82. The normalized spacial score (nSPS) is 22.3. The van der Waals surface area contributed by atoms with Gasteiger partial charge in [0.25, 0.3) is 0 Å². The first-order valence-corrected chi connectivity index (χ1v) is 11.9. The molecule has 2 aliphatic carbocycles. The zero-order chi connectivity index (χ0) is 25.6. The van der Waals surface area contributed by atoms with Gasteiger partial charge in [0, 0.05) is 32.5 Å². The second-order valence-corrected chi connectivity index (χ2v) is 8.56. The summed E-state index contributed by atoms with van der Waals surface area (Å²) in [5.41, 5.74) is 3.72. The van der Waals surface area contributed by atoms with Crippen molar-refractivity contribution < 1.29 is 23.9 Å². The van der Waals surface area contributed by atoms with Crippen LogP contribution in [0.4, 0.5) is 4.39 Å². The molecule has 0 saturated heterocycles. The predicted octanol–water partition coefficient (Wildman–Crippen LogP) is 5.17. The molecular formula is C27H36FN3O4. The summed E-state index contributed by atoms with van der Waals surface area (Å²) in [6.45, 7) is 1.88. The van der Waals surface area contributed by atoms with E-state index in [0.29, 0.717) is 43.4 Å². The predicted molar refractivity (Wildman–Crippen MR) is 136 cm³/mol. The zero-order valence-corrected chi connectivity index (χ0v) is 20.7. The highest BCUT2D eigenvalue weighted by Gasteiger charge is 2.19. The van der Waals surface area contributed by atoms with E-state index >= 15 is 0 Å². The minimum absolute atomic E-state index is 0.0709. The van der Waals surface area contributed by atoms with Gasteiger partial charge < -0.3 is 14.8 Å². The van der Waals surface area contributed by atoms with E-state index in [1.807, 2.05) is 37.1 Å². The monoisotopic (exact) mass is 485 g/mol. The molecule has 8 heteroatoms. The Morgan fingerprint density at radius 1 is 1.29 bits per heavy atom. The summed E-state index contributed by atoms with van der Waals surface area (Å²) in [6.07, 6.45) is 19.0. The summed E-state index contributed by atoms with van der Waals surface area (Å²) >= 11 is 0.